The standard InChI is InChI=1S/C29H33N3/c1-31(21-17-23-11-4-2-5-12-23)19-10-20-32-22-18-26-25-15-8-9-16-27(25)30-28(26)29(32)24-13-6-3-7-14-24/h2-9,11-16,29-30H,10,17-22H2,1H3. The zero-order valence-electron chi connectivity index (χ0n) is 19.0. The van der Waals surface area contributed by atoms with Gasteiger partial charge in [0.2, 0.25) is 0 Å². The lowest BCUT2D eigenvalue weighted by atomic mass is 9.92. The molecule has 1 atom stereocenters. The minimum absolute atomic E-state index is 0.307. The Hall–Kier alpha value is -2.88. The van der Waals surface area contributed by atoms with Gasteiger partial charge in [0.25, 0.3) is 0 Å². The Balaban J connectivity index is 1.28. The molecule has 1 aliphatic heterocycles. The lowest BCUT2D eigenvalue weighted by molar-refractivity contribution is 0.196. The molecule has 0 aliphatic carbocycles. The first-order chi connectivity index (χ1) is 15.8. The van der Waals surface area contributed by atoms with Gasteiger partial charge in [0, 0.05) is 36.2 Å². The number of aromatic amines is 1. The minimum atomic E-state index is 0.307. The van der Waals surface area contributed by atoms with Gasteiger partial charge >= 0.3 is 0 Å². The van der Waals surface area contributed by atoms with E-state index in [0.29, 0.717) is 6.04 Å². The SMILES string of the molecule is CN(CCCN1CCc2c([nH]c3ccccc23)C1c1ccccc1)CCc1ccccc1. The number of nitrogens with one attached hydrogen (secondary N) is 1. The van der Waals surface area contributed by atoms with Gasteiger partial charge in [-0.25, -0.2) is 0 Å². The van der Waals surface area contributed by atoms with Crippen molar-refractivity contribution < 1.29 is 0 Å². The van der Waals surface area contributed by atoms with Crippen LogP contribution in [0.25, 0.3) is 10.9 Å². The topological polar surface area (TPSA) is 22.3 Å². The Morgan fingerprint density at radius 3 is 2.41 bits per heavy atom. The van der Waals surface area contributed by atoms with Crippen LogP contribution in [0.15, 0.2) is 84.9 Å². The van der Waals surface area contributed by atoms with Crippen molar-refractivity contribution in [3.8, 4) is 0 Å². The van der Waals surface area contributed by atoms with E-state index in [1.807, 2.05) is 0 Å². The summed E-state index contributed by atoms with van der Waals surface area (Å²) in [5.74, 6) is 0. The fourth-order valence-corrected chi connectivity index (χ4v) is 5.16. The maximum atomic E-state index is 3.78. The largest absolute Gasteiger partial charge is 0.357 e. The molecule has 0 fully saturated rings. The molecule has 0 bridgehead atoms. The predicted molar refractivity (Wildman–Crippen MR) is 134 cm³/mol. The Morgan fingerprint density at radius 1 is 0.875 bits per heavy atom. The summed E-state index contributed by atoms with van der Waals surface area (Å²) in [4.78, 5) is 8.93. The maximum absolute atomic E-state index is 3.78. The van der Waals surface area contributed by atoms with Gasteiger partial charge in [-0.3, -0.25) is 4.90 Å². The highest BCUT2D eigenvalue weighted by Crippen LogP contribution is 2.38. The fraction of sp³-hybridized carbons (Fsp3) is 0.310. The molecule has 5 rings (SSSR count). The van der Waals surface area contributed by atoms with Gasteiger partial charge in [-0.1, -0.05) is 78.9 Å². The Labute approximate surface area is 191 Å². The van der Waals surface area contributed by atoms with Crippen LogP contribution in [0.5, 0.6) is 0 Å². The molecule has 1 N–H and O–H groups in total. The normalized spacial score (nSPS) is 16.5. The second-order valence-corrected chi connectivity index (χ2v) is 9.05. The van der Waals surface area contributed by atoms with Gasteiger partial charge in [0.1, 0.15) is 0 Å². The summed E-state index contributed by atoms with van der Waals surface area (Å²) in [7, 11) is 2.25. The minimum Gasteiger partial charge on any atom is -0.357 e. The van der Waals surface area contributed by atoms with Crippen LogP contribution in [0, 0.1) is 0 Å². The number of aromatic nitrogens is 1. The van der Waals surface area contributed by atoms with Crippen molar-refractivity contribution in [3.05, 3.63) is 107 Å². The zero-order chi connectivity index (χ0) is 21.8. The highest BCUT2D eigenvalue weighted by Gasteiger charge is 2.31. The molecule has 0 amide bonds. The van der Waals surface area contributed by atoms with E-state index in [1.54, 1.807) is 0 Å². The fourth-order valence-electron chi connectivity index (χ4n) is 5.16. The van der Waals surface area contributed by atoms with E-state index in [2.05, 4.69) is 107 Å². The third-order valence-electron chi connectivity index (χ3n) is 6.86. The highest BCUT2D eigenvalue weighted by molar-refractivity contribution is 5.85. The smallest absolute Gasteiger partial charge is 0.0757 e. The molecular formula is C29H33N3. The van der Waals surface area contributed by atoms with Gasteiger partial charge in [-0.2, -0.15) is 0 Å². The second-order valence-electron chi connectivity index (χ2n) is 9.05. The van der Waals surface area contributed by atoms with Crippen LogP contribution in [0.3, 0.4) is 0 Å². The van der Waals surface area contributed by atoms with Gasteiger partial charge in [0.05, 0.1) is 6.04 Å². The Bertz CT molecular complexity index is 1130. The molecule has 0 saturated heterocycles. The summed E-state index contributed by atoms with van der Waals surface area (Å²) in [6.45, 7) is 4.47. The molecule has 0 saturated carbocycles. The molecule has 1 unspecified atom stereocenters. The Kier molecular flexibility index (Phi) is 6.38. The van der Waals surface area contributed by atoms with E-state index in [4.69, 9.17) is 0 Å². The molecule has 3 nitrogen and oxygen atoms in total. The van der Waals surface area contributed by atoms with Crippen LogP contribution < -0.4 is 0 Å². The maximum Gasteiger partial charge on any atom is 0.0757 e. The average Bonchev–Trinajstić information content (AvgIpc) is 3.22. The number of fused-ring (bicyclic) bond motifs is 3. The number of nitrogens with zero attached hydrogens (tertiary/aromatic N) is 2. The van der Waals surface area contributed by atoms with Crippen LogP contribution >= 0.6 is 0 Å². The lowest BCUT2D eigenvalue weighted by Gasteiger charge is -2.36. The molecule has 4 aromatic rings. The second kappa shape index (κ2) is 9.72. The summed E-state index contributed by atoms with van der Waals surface area (Å²) in [5.41, 5.74) is 6.97. The summed E-state index contributed by atoms with van der Waals surface area (Å²) < 4.78 is 0. The number of likely N-dealkylation sites (N-methyl/N-ethyl adjacent to an activating group) is 1. The summed E-state index contributed by atoms with van der Waals surface area (Å²) in [6, 6.07) is 30.9. The van der Waals surface area contributed by atoms with E-state index in [1.165, 1.54) is 39.7 Å². The highest BCUT2D eigenvalue weighted by atomic mass is 15.2. The quantitative estimate of drug-likeness (QED) is 0.394. The van der Waals surface area contributed by atoms with Gasteiger partial charge in [0.15, 0.2) is 0 Å². The summed E-state index contributed by atoms with van der Waals surface area (Å²) >= 11 is 0. The number of benzene rings is 3. The van der Waals surface area contributed by atoms with Gasteiger partial charge in [-0.05, 0) is 55.6 Å². The molecule has 164 valence electrons. The molecule has 1 aliphatic rings. The average molecular weight is 424 g/mol. The third-order valence-corrected chi connectivity index (χ3v) is 6.86. The summed E-state index contributed by atoms with van der Waals surface area (Å²) in [5, 5.41) is 1.39. The van der Waals surface area contributed by atoms with Crippen molar-refractivity contribution in [1.29, 1.82) is 0 Å². The number of hydrogen-bond donors (Lipinski definition) is 1. The van der Waals surface area contributed by atoms with Crippen molar-refractivity contribution in [2.24, 2.45) is 0 Å². The summed E-state index contributed by atoms with van der Waals surface area (Å²) in [6.07, 6.45) is 3.42. The number of H-pyrrole nitrogens is 1. The first-order valence-corrected chi connectivity index (χ1v) is 11.9. The lowest BCUT2D eigenvalue weighted by Crippen LogP contribution is -2.38. The molecule has 0 radical (unpaired) electrons. The molecule has 3 aromatic carbocycles. The van der Waals surface area contributed by atoms with Crippen LogP contribution in [0.2, 0.25) is 0 Å². The van der Waals surface area contributed by atoms with E-state index < -0.39 is 0 Å². The van der Waals surface area contributed by atoms with Crippen molar-refractivity contribution in [2.45, 2.75) is 25.3 Å². The zero-order valence-corrected chi connectivity index (χ0v) is 19.0. The van der Waals surface area contributed by atoms with E-state index >= 15 is 0 Å². The van der Waals surface area contributed by atoms with Crippen molar-refractivity contribution in [3.63, 3.8) is 0 Å². The van der Waals surface area contributed by atoms with Crippen LogP contribution in [0.1, 0.15) is 34.8 Å². The van der Waals surface area contributed by atoms with Crippen LogP contribution in [-0.4, -0.2) is 48.0 Å². The molecule has 0 spiro atoms. The third kappa shape index (κ3) is 4.50. The molecule has 1 aromatic heterocycles. The van der Waals surface area contributed by atoms with Gasteiger partial charge < -0.3 is 9.88 Å². The van der Waals surface area contributed by atoms with Crippen LogP contribution in [0.4, 0.5) is 0 Å². The predicted octanol–water partition coefficient (Wildman–Crippen LogP) is 5.68. The molecular weight excluding hydrogens is 390 g/mol. The van der Waals surface area contributed by atoms with Crippen molar-refractivity contribution in [2.75, 3.05) is 33.2 Å². The number of hydrogen-bond acceptors (Lipinski definition) is 2. The van der Waals surface area contributed by atoms with Crippen molar-refractivity contribution >= 4 is 10.9 Å². The number of rotatable bonds is 8. The first kappa shape index (κ1) is 21.0. The van der Waals surface area contributed by atoms with Gasteiger partial charge in [-0.15, -0.1) is 0 Å². The Morgan fingerprint density at radius 2 is 1.59 bits per heavy atom. The molecule has 3 heteroatoms. The van der Waals surface area contributed by atoms with E-state index in [0.717, 1.165) is 39.0 Å². The first-order valence-electron chi connectivity index (χ1n) is 11.9. The van der Waals surface area contributed by atoms with Crippen molar-refractivity contribution in [1.82, 2.24) is 14.8 Å². The monoisotopic (exact) mass is 423 g/mol. The van der Waals surface area contributed by atoms with E-state index in [-0.39, 0.29) is 0 Å². The molecule has 2 heterocycles. The molecule has 32 heavy (non-hydrogen) atoms. The van der Waals surface area contributed by atoms with Crippen LogP contribution in [-0.2, 0) is 12.8 Å². The van der Waals surface area contributed by atoms with E-state index in [9.17, 15) is 0 Å². The number of para-hydroxylation sites is 1.